The Labute approximate surface area is 159 Å². The van der Waals surface area contributed by atoms with Crippen molar-refractivity contribution < 1.29 is 0 Å². The van der Waals surface area contributed by atoms with Crippen molar-refractivity contribution in [1.82, 2.24) is 4.31 Å². The molecule has 24 heavy (non-hydrogen) atoms. The zero-order valence-corrected chi connectivity index (χ0v) is 17.7. The van der Waals surface area contributed by atoms with Crippen molar-refractivity contribution >= 4 is 40.7 Å². The molecule has 0 aliphatic heterocycles. The van der Waals surface area contributed by atoms with Gasteiger partial charge < -0.3 is 4.90 Å². The minimum atomic E-state index is 0.447. The molecule has 0 saturated carbocycles. The van der Waals surface area contributed by atoms with Crippen molar-refractivity contribution in [2.45, 2.75) is 41.5 Å². The Kier molecular flexibility index (Phi) is 8.01. The van der Waals surface area contributed by atoms with Gasteiger partial charge in [0.1, 0.15) is 0 Å². The first-order valence-electron chi connectivity index (χ1n) is 8.49. The maximum atomic E-state index is 2.49. The second-order valence-corrected chi connectivity index (χ2v) is 9.84. The molecular formula is C19H28N2S3. The summed E-state index contributed by atoms with van der Waals surface area (Å²) in [6.07, 6.45) is 1.18. The molecule has 1 heterocycles. The van der Waals surface area contributed by atoms with Crippen molar-refractivity contribution in [3.05, 3.63) is 41.3 Å². The Balaban J connectivity index is 2.14. The highest BCUT2D eigenvalue weighted by molar-refractivity contribution is 8.01. The van der Waals surface area contributed by atoms with Crippen LogP contribution < -0.4 is 4.90 Å². The molecule has 2 rings (SSSR count). The van der Waals surface area contributed by atoms with Crippen LogP contribution in [0, 0.1) is 0 Å². The number of benzene rings is 1. The first kappa shape index (κ1) is 19.7. The molecule has 2 nitrogen and oxygen atoms in total. The van der Waals surface area contributed by atoms with Crippen LogP contribution in [0.4, 0.5) is 5.69 Å². The van der Waals surface area contributed by atoms with Gasteiger partial charge in [0.25, 0.3) is 0 Å². The molecule has 0 saturated heterocycles. The molecule has 2 aromatic rings. The van der Waals surface area contributed by atoms with Crippen LogP contribution in [-0.2, 0) is 0 Å². The third-order valence-electron chi connectivity index (χ3n) is 3.72. The highest BCUT2D eigenvalue weighted by Crippen LogP contribution is 2.42. The molecule has 1 aromatic carbocycles. The van der Waals surface area contributed by atoms with E-state index in [2.05, 4.69) is 79.8 Å². The zero-order chi connectivity index (χ0) is 17.5. The van der Waals surface area contributed by atoms with Gasteiger partial charge in [0.15, 0.2) is 0 Å². The summed E-state index contributed by atoms with van der Waals surface area (Å²) in [6, 6.07) is 11.2. The second kappa shape index (κ2) is 9.76. The summed E-state index contributed by atoms with van der Waals surface area (Å²) in [6.45, 7) is 8.99. The lowest BCUT2D eigenvalue weighted by Gasteiger charge is -2.27. The number of thioether (sulfide) groups is 1. The van der Waals surface area contributed by atoms with Gasteiger partial charge in [0, 0.05) is 34.3 Å². The van der Waals surface area contributed by atoms with Crippen molar-refractivity contribution in [3.63, 3.8) is 0 Å². The maximum Gasteiger partial charge on any atom is 0.0616 e. The Hall–Kier alpha value is -0.620. The molecule has 1 unspecified atom stereocenters. The Morgan fingerprint density at radius 3 is 2.58 bits per heavy atom. The Morgan fingerprint density at radius 1 is 1.17 bits per heavy atom. The van der Waals surface area contributed by atoms with Crippen LogP contribution in [0.1, 0.15) is 38.0 Å². The summed E-state index contributed by atoms with van der Waals surface area (Å²) >= 11 is 5.59. The second-order valence-electron chi connectivity index (χ2n) is 5.90. The molecule has 0 aliphatic carbocycles. The lowest BCUT2D eigenvalue weighted by Crippen LogP contribution is -2.24. The topological polar surface area (TPSA) is 6.48 Å². The SMILES string of the molecule is CCCN(CC)c1ccccc1C(C)Sc1cc(SN(C)C)cs1. The van der Waals surface area contributed by atoms with E-state index in [1.54, 1.807) is 11.9 Å². The fourth-order valence-electron chi connectivity index (χ4n) is 2.70. The van der Waals surface area contributed by atoms with Gasteiger partial charge >= 0.3 is 0 Å². The van der Waals surface area contributed by atoms with E-state index < -0.39 is 0 Å². The van der Waals surface area contributed by atoms with Crippen LogP contribution in [0.3, 0.4) is 0 Å². The van der Waals surface area contributed by atoms with E-state index in [1.165, 1.54) is 26.8 Å². The van der Waals surface area contributed by atoms with Gasteiger partial charge in [-0.1, -0.05) is 25.1 Å². The molecule has 1 atom stereocenters. The predicted molar refractivity (Wildman–Crippen MR) is 113 cm³/mol. The number of rotatable bonds is 9. The average Bonchev–Trinajstić information content (AvgIpc) is 2.98. The normalized spacial score (nSPS) is 12.6. The van der Waals surface area contributed by atoms with Crippen LogP contribution in [0.15, 0.2) is 44.8 Å². The third-order valence-corrected chi connectivity index (χ3v) is 6.94. The average molecular weight is 381 g/mol. The summed E-state index contributed by atoms with van der Waals surface area (Å²) in [5.41, 5.74) is 2.83. The predicted octanol–water partition coefficient (Wildman–Crippen LogP) is 6.41. The maximum absolute atomic E-state index is 2.49. The molecule has 0 spiro atoms. The van der Waals surface area contributed by atoms with Crippen LogP contribution in [0.25, 0.3) is 0 Å². The number of thiophene rings is 1. The zero-order valence-electron chi connectivity index (χ0n) is 15.3. The van der Waals surface area contributed by atoms with E-state index in [0.29, 0.717) is 5.25 Å². The van der Waals surface area contributed by atoms with Crippen LogP contribution in [-0.4, -0.2) is 31.5 Å². The van der Waals surface area contributed by atoms with E-state index in [4.69, 9.17) is 0 Å². The number of hydrogen-bond donors (Lipinski definition) is 0. The largest absolute Gasteiger partial charge is 0.372 e. The van der Waals surface area contributed by atoms with Gasteiger partial charge in [-0.2, -0.15) is 0 Å². The number of anilines is 1. The van der Waals surface area contributed by atoms with E-state index in [0.717, 1.165) is 13.1 Å². The summed E-state index contributed by atoms with van der Waals surface area (Å²) in [7, 11) is 4.17. The summed E-state index contributed by atoms with van der Waals surface area (Å²) in [5, 5.41) is 2.70. The number of nitrogens with zero attached hydrogens (tertiary/aromatic N) is 2. The van der Waals surface area contributed by atoms with Crippen molar-refractivity contribution in [1.29, 1.82) is 0 Å². The van der Waals surface area contributed by atoms with Gasteiger partial charge in [-0.3, -0.25) is 4.31 Å². The molecule has 1 aromatic heterocycles. The minimum Gasteiger partial charge on any atom is -0.372 e. The van der Waals surface area contributed by atoms with E-state index in [-0.39, 0.29) is 0 Å². The lowest BCUT2D eigenvalue weighted by atomic mass is 10.1. The van der Waals surface area contributed by atoms with Gasteiger partial charge in [-0.15, -0.1) is 23.1 Å². The van der Waals surface area contributed by atoms with Crippen molar-refractivity contribution in [2.24, 2.45) is 0 Å². The summed E-state index contributed by atoms with van der Waals surface area (Å²) < 4.78 is 3.53. The minimum absolute atomic E-state index is 0.447. The Bertz CT molecular complexity index is 625. The highest BCUT2D eigenvalue weighted by Gasteiger charge is 2.16. The lowest BCUT2D eigenvalue weighted by molar-refractivity contribution is 0.703. The van der Waals surface area contributed by atoms with Crippen LogP contribution in [0.2, 0.25) is 0 Å². The third kappa shape index (κ3) is 5.45. The van der Waals surface area contributed by atoms with E-state index in [1.807, 2.05) is 23.1 Å². The molecule has 0 amide bonds. The molecule has 0 fully saturated rings. The van der Waals surface area contributed by atoms with Gasteiger partial charge in [-0.05, 0) is 64.0 Å². The van der Waals surface area contributed by atoms with Gasteiger partial charge in [0.05, 0.1) is 4.21 Å². The molecule has 0 radical (unpaired) electrons. The molecule has 0 bridgehead atoms. The first-order valence-corrected chi connectivity index (χ1v) is 11.0. The van der Waals surface area contributed by atoms with E-state index >= 15 is 0 Å². The smallest absolute Gasteiger partial charge is 0.0616 e. The monoisotopic (exact) mass is 380 g/mol. The molecule has 0 N–H and O–H groups in total. The van der Waals surface area contributed by atoms with E-state index in [9.17, 15) is 0 Å². The van der Waals surface area contributed by atoms with Gasteiger partial charge in [-0.25, -0.2) is 0 Å². The highest BCUT2D eigenvalue weighted by atomic mass is 32.2. The van der Waals surface area contributed by atoms with Gasteiger partial charge in [0.2, 0.25) is 0 Å². The quantitative estimate of drug-likeness (QED) is 0.366. The standard InChI is InChI=1S/C19H28N2S3/c1-6-12-21(7-2)18-11-9-8-10-17(18)15(3)23-19-13-16(14-22-19)24-20(4)5/h8-11,13-15H,6-7,12H2,1-5H3. The summed E-state index contributed by atoms with van der Waals surface area (Å²) in [4.78, 5) is 3.82. The first-order chi connectivity index (χ1) is 11.5. The number of para-hydroxylation sites is 1. The molecule has 0 aliphatic rings. The summed E-state index contributed by atoms with van der Waals surface area (Å²) in [5.74, 6) is 0. The molecule has 132 valence electrons. The van der Waals surface area contributed by atoms with Crippen molar-refractivity contribution in [3.8, 4) is 0 Å². The molecular weight excluding hydrogens is 352 g/mol. The van der Waals surface area contributed by atoms with Crippen LogP contribution >= 0.6 is 35.0 Å². The van der Waals surface area contributed by atoms with Crippen LogP contribution in [0.5, 0.6) is 0 Å². The fourth-order valence-corrected chi connectivity index (χ4v) is 5.92. The number of hydrogen-bond acceptors (Lipinski definition) is 5. The Morgan fingerprint density at radius 2 is 1.92 bits per heavy atom. The van der Waals surface area contributed by atoms with Crippen molar-refractivity contribution in [2.75, 3.05) is 32.1 Å². The molecule has 5 heteroatoms. The fraction of sp³-hybridized carbons (Fsp3) is 0.474.